The molecule has 0 aromatic heterocycles. The molecule has 2 atom stereocenters. The van der Waals surface area contributed by atoms with Crippen LogP contribution in [0.5, 0.6) is 0 Å². The molecule has 104 valence electrons. The molecule has 2 nitrogen and oxygen atoms in total. The van der Waals surface area contributed by atoms with Crippen LogP contribution >= 0.6 is 0 Å². The number of ketones is 1. The van der Waals surface area contributed by atoms with Crippen molar-refractivity contribution in [1.29, 1.82) is 0 Å². The van der Waals surface area contributed by atoms with Crippen molar-refractivity contribution in [3.8, 4) is 0 Å². The first-order valence-corrected chi connectivity index (χ1v) is 7.37. The van der Waals surface area contributed by atoms with Gasteiger partial charge in [0.15, 0.2) is 0 Å². The van der Waals surface area contributed by atoms with Gasteiger partial charge in [0.25, 0.3) is 0 Å². The fourth-order valence-corrected chi connectivity index (χ4v) is 3.44. The Morgan fingerprint density at radius 1 is 1.26 bits per heavy atom. The summed E-state index contributed by atoms with van der Waals surface area (Å²) in [6.45, 7) is 3.88. The topological polar surface area (TPSA) is 20.3 Å². The summed E-state index contributed by atoms with van der Waals surface area (Å²) in [6.07, 6.45) is 5.70. The maximum Gasteiger partial charge on any atom is 0.130 e. The lowest BCUT2D eigenvalue weighted by atomic mass is 9.80. The lowest BCUT2D eigenvalue weighted by Gasteiger charge is -2.39. The molecule has 2 heteroatoms. The highest BCUT2D eigenvalue weighted by Gasteiger charge is 2.29. The molecule has 0 saturated heterocycles. The summed E-state index contributed by atoms with van der Waals surface area (Å²) in [5, 5.41) is 0. The largest absolute Gasteiger partial charge is 0.371 e. The van der Waals surface area contributed by atoms with Gasteiger partial charge in [0.05, 0.1) is 0 Å². The van der Waals surface area contributed by atoms with Gasteiger partial charge in [0.1, 0.15) is 5.78 Å². The molecular formula is C17H25NO. The maximum atomic E-state index is 11.5. The highest BCUT2D eigenvalue weighted by Crippen LogP contribution is 2.33. The smallest absolute Gasteiger partial charge is 0.130 e. The molecule has 0 N–H and O–H groups in total. The molecule has 0 heterocycles. The number of hydrogen-bond acceptors (Lipinski definition) is 2. The number of anilines is 1. The van der Waals surface area contributed by atoms with Crippen LogP contribution in [-0.4, -0.2) is 18.9 Å². The van der Waals surface area contributed by atoms with Crippen LogP contribution in [0.3, 0.4) is 0 Å². The first kappa shape index (κ1) is 14.1. The van der Waals surface area contributed by atoms with Gasteiger partial charge in [0, 0.05) is 25.2 Å². The second-order valence-electron chi connectivity index (χ2n) is 5.92. The molecule has 19 heavy (non-hydrogen) atoms. The van der Waals surface area contributed by atoms with Crippen LogP contribution in [0.4, 0.5) is 5.69 Å². The number of hydrogen-bond donors (Lipinski definition) is 0. The number of rotatable bonds is 4. The van der Waals surface area contributed by atoms with Crippen LogP contribution in [0.15, 0.2) is 24.3 Å². The molecule has 0 bridgehead atoms. The Labute approximate surface area is 116 Å². The third-order valence-corrected chi connectivity index (χ3v) is 4.41. The van der Waals surface area contributed by atoms with Gasteiger partial charge in [-0.3, -0.25) is 0 Å². The predicted molar refractivity (Wildman–Crippen MR) is 80.6 cm³/mol. The first-order chi connectivity index (χ1) is 9.09. The molecule has 1 aromatic rings. The normalized spacial score (nSPS) is 23.1. The van der Waals surface area contributed by atoms with E-state index in [0.717, 1.165) is 6.42 Å². The molecule has 1 aromatic carbocycles. The van der Waals surface area contributed by atoms with Crippen molar-refractivity contribution in [2.24, 2.45) is 5.92 Å². The average molecular weight is 259 g/mol. The third-order valence-electron chi connectivity index (χ3n) is 4.41. The van der Waals surface area contributed by atoms with Crippen molar-refractivity contribution in [3.63, 3.8) is 0 Å². The van der Waals surface area contributed by atoms with Crippen LogP contribution in [0.2, 0.25) is 0 Å². The van der Waals surface area contributed by atoms with Crippen molar-refractivity contribution in [1.82, 2.24) is 0 Å². The molecule has 2 rings (SSSR count). The average Bonchev–Trinajstić information content (AvgIpc) is 2.38. The van der Waals surface area contributed by atoms with E-state index in [2.05, 4.69) is 43.1 Å². The number of carbonyl (C=O) groups excluding carboxylic acids is 1. The SMILES string of the molecule is CC(=O)CC1CCCCC1N(C)c1ccccc1C. The summed E-state index contributed by atoms with van der Waals surface area (Å²) in [5.41, 5.74) is 2.63. The van der Waals surface area contributed by atoms with E-state index in [1.165, 1.54) is 36.9 Å². The Bertz CT molecular complexity index is 441. The molecule has 2 unspecified atom stereocenters. The van der Waals surface area contributed by atoms with Crippen molar-refractivity contribution < 1.29 is 4.79 Å². The Balaban J connectivity index is 2.17. The minimum absolute atomic E-state index is 0.329. The summed E-state index contributed by atoms with van der Waals surface area (Å²) >= 11 is 0. The molecule has 1 aliphatic carbocycles. The monoisotopic (exact) mass is 259 g/mol. The number of aryl methyl sites for hydroxylation is 1. The minimum atomic E-state index is 0.329. The van der Waals surface area contributed by atoms with Crippen LogP contribution in [0.25, 0.3) is 0 Å². The lowest BCUT2D eigenvalue weighted by Crippen LogP contribution is -2.41. The quantitative estimate of drug-likeness (QED) is 0.815. The van der Waals surface area contributed by atoms with Gasteiger partial charge in [-0.15, -0.1) is 0 Å². The highest BCUT2D eigenvalue weighted by atomic mass is 16.1. The number of carbonyl (C=O) groups is 1. The number of nitrogens with zero attached hydrogens (tertiary/aromatic N) is 1. The zero-order chi connectivity index (χ0) is 13.8. The standard InChI is InChI=1S/C17H25NO/c1-13-8-4-6-10-16(13)18(3)17-11-7-5-9-15(17)12-14(2)19/h4,6,8,10,15,17H,5,7,9,11-12H2,1-3H3. The van der Waals surface area contributed by atoms with Gasteiger partial charge in [-0.05, 0) is 44.2 Å². The Kier molecular flexibility index (Phi) is 4.62. The van der Waals surface area contributed by atoms with Crippen LogP contribution < -0.4 is 4.90 Å². The van der Waals surface area contributed by atoms with Crippen LogP contribution in [0.1, 0.15) is 44.6 Å². The number of Topliss-reactive ketones (excluding diaryl/α,β-unsaturated/α-hetero) is 1. The Morgan fingerprint density at radius 3 is 2.63 bits per heavy atom. The van der Waals surface area contributed by atoms with Gasteiger partial charge in [0.2, 0.25) is 0 Å². The van der Waals surface area contributed by atoms with Gasteiger partial charge >= 0.3 is 0 Å². The molecule has 1 aliphatic rings. The molecule has 1 fully saturated rings. The van der Waals surface area contributed by atoms with E-state index in [1.807, 2.05) is 0 Å². The number of para-hydroxylation sites is 1. The molecule has 0 amide bonds. The van der Waals surface area contributed by atoms with Crippen LogP contribution in [-0.2, 0) is 4.79 Å². The van der Waals surface area contributed by atoms with Gasteiger partial charge in [-0.25, -0.2) is 0 Å². The fraction of sp³-hybridized carbons (Fsp3) is 0.588. The third kappa shape index (κ3) is 3.37. The van der Waals surface area contributed by atoms with Gasteiger partial charge in [-0.1, -0.05) is 31.0 Å². The first-order valence-electron chi connectivity index (χ1n) is 7.37. The van der Waals surface area contributed by atoms with Crippen molar-refractivity contribution >= 4 is 11.5 Å². The van der Waals surface area contributed by atoms with E-state index < -0.39 is 0 Å². The summed E-state index contributed by atoms with van der Waals surface area (Å²) in [7, 11) is 2.19. The van der Waals surface area contributed by atoms with E-state index in [9.17, 15) is 4.79 Å². The van der Waals surface area contributed by atoms with E-state index >= 15 is 0 Å². The zero-order valence-electron chi connectivity index (χ0n) is 12.4. The zero-order valence-corrected chi connectivity index (χ0v) is 12.4. The van der Waals surface area contributed by atoms with E-state index in [0.29, 0.717) is 17.7 Å². The van der Waals surface area contributed by atoms with E-state index in [-0.39, 0.29) is 0 Å². The Hall–Kier alpha value is -1.31. The summed E-state index contributed by atoms with van der Waals surface area (Å²) in [4.78, 5) is 13.9. The number of benzene rings is 1. The van der Waals surface area contributed by atoms with E-state index in [4.69, 9.17) is 0 Å². The Morgan fingerprint density at radius 2 is 1.95 bits per heavy atom. The van der Waals surface area contributed by atoms with Crippen LogP contribution in [0, 0.1) is 12.8 Å². The van der Waals surface area contributed by atoms with Crippen molar-refractivity contribution in [2.75, 3.05) is 11.9 Å². The highest BCUT2D eigenvalue weighted by molar-refractivity contribution is 5.76. The molecule has 0 aliphatic heterocycles. The maximum absolute atomic E-state index is 11.5. The summed E-state index contributed by atoms with van der Waals surface area (Å²) in [5.74, 6) is 0.853. The lowest BCUT2D eigenvalue weighted by molar-refractivity contribution is -0.118. The van der Waals surface area contributed by atoms with Crippen molar-refractivity contribution in [3.05, 3.63) is 29.8 Å². The fourth-order valence-electron chi connectivity index (χ4n) is 3.44. The summed E-state index contributed by atoms with van der Waals surface area (Å²) < 4.78 is 0. The van der Waals surface area contributed by atoms with E-state index in [1.54, 1.807) is 6.92 Å². The van der Waals surface area contributed by atoms with Crippen molar-refractivity contribution in [2.45, 2.75) is 52.0 Å². The predicted octanol–water partition coefficient (Wildman–Crippen LogP) is 3.97. The molecule has 0 spiro atoms. The van der Waals surface area contributed by atoms with Gasteiger partial charge < -0.3 is 9.69 Å². The van der Waals surface area contributed by atoms with Gasteiger partial charge in [-0.2, -0.15) is 0 Å². The minimum Gasteiger partial charge on any atom is -0.371 e. The molecule has 0 radical (unpaired) electrons. The molecule has 1 saturated carbocycles. The second-order valence-corrected chi connectivity index (χ2v) is 5.92. The molecular weight excluding hydrogens is 234 g/mol. The second kappa shape index (κ2) is 6.23. The summed E-state index contributed by atoms with van der Waals surface area (Å²) in [6, 6.07) is 9.05.